The van der Waals surface area contributed by atoms with Crippen molar-refractivity contribution in [3.8, 4) is 11.5 Å². The fourth-order valence-corrected chi connectivity index (χ4v) is 6.37. The summed E-state index contributed by atoms with van der Waals surface area (Å²) in [5, 5.41) is 0.313. The van der Waals surface area contributed by atoms with Crippen LogP contribution in [0.2, 0.25) is 56.4 Å². The number of benzene rings is 1. The van der Waals surface area contributed by atoms with E-state index in [1.54, 1.807) is 26.8 Å². The van der Waals surface area contributed by atoms with Crippen LogP contribution in [0.1, 0.15) is 62.0 Å². The minimum absolute atomic E-state index is 0.0182. The van der Waals surface area contributed by atoms with Crippen LogP contribution in [0.4, 0.5) is 0 Å². The molecule has 0 amide bonds. The highest BCUT2D eigenvalue weighted by molar-refractivity contribution is 6.76. The molecule has 0 aromatic heterocycles. The molecule has 0 spiro atoms. The first-order valence-corrected chi connectivity index (χ1v) is 24.2. The van der Waals surface area contributed by atoms with E-state index in [9.17, 15) is 9.59 Å². The number of hydrogen-bond acceptors (Lipinski definition) is 8. The van der Waals surface area contributed by atoms with Gasteiger partial charge in [0.25, 0.3) is 0 Å². The van der Waals surface area contributed by atoms with Gasteiger partial charge in [0.1, 0.15) is 22.8 Å². The van der Waals surface area contributed by atoms with E-state index in [-0.39, 0.29) is 24.9 Å². The lowest BCUT2D eigenvalue weighted by atomic mass is 9.98. The van der Waals surface area contributed by atoms with Gasteiger partial charge in [-0.3, -0.25) is 4.79 Å². The molecule has 1 aromatic carbocycles. The number of carbonyl (C=O) groups excluding carboxylic acids is 2. The van der Waals surface area contributed by atoms with Crippen LogP contribution in [0.15, 0.2) is 35.1 Å². The van der Waals surface area contributed by atoms with Crippen molar-refractivity contribution < 1.29 is 38.0 Å². The Kier molecular flexibility index (Phi) is 15.5. The number of allylic oxidation sites excluding steroid dienone is 4. The standard InChI is InChI=1S/C36H57ClO8Si2/c1-25(14-13-15-26(2)29-22-30(38)36(4,5)45-29)16-17-28-33(43-23-41-18-20-46(7,8)9)31(35(39)40-6)27(3)32(37)34(28)44-24-42-19-21-47(10,11)12/h15-16,22H,13-14,17-21,23-24H2,1-12H3. The van der Waals surface area contributed by atoms with E-state index in [0.29, 0.717) is 53.0 Å². The van der Waals surface area contributed by atoms with Gasteiger partial charge in [0.15, 0.2) is 19.2 Å². The van der Waals surface area contributed by atoms with Crippen molar-refractivity contribution in [1.82, 2.24) is 0 Å². The Balaban J connectivity index is 2.37. The summed E-state index contributed by atoms with van der Waals surface area (Å²) in [6.45, 7) is 24.2. The molecule has 1 aliphatic heterocycles. The summed E-state index contributed by atoms with van der Waals surface area (Å²) in [5.74, 6) is 0.792. The molecule has 0 N–H and O–H groups in total. The van der Waals surface area contributed by atoms with Crippen LogP contribution in [0.5, 0.6) is 11.5 Å². The zero-order valence-electron chi connectivity index (χ0n) is 30.7. The fourth-order valence-electron chi connectivity index (χ4n) is 4.59. The number of ether oxygens (including phenoxy) is 6. The minimum atomic E-state index is -1.29. The van der Waals surface area contributed by atoms with Crippen LogP contribution in [0.25, 0.3) is 0 Å². The number of rotatable bonds is 19. The van der Waals surface area contributed by atoms with Crippen molar-refractivity contribution in [2.75, 3.05) is 33.9 Å². The van der Waals surface area contributed by atoms with Crippen LogP contribution in [-0.4, -0.2) is 67.4 Å². The van der Waals surface area contributed by atoms with E-state index >= 15 is 0 Å². The summed E-state index contributed by atoms with van der Waals surface area (Å²) in [4.78, 5) is 25.2. The predicted molar refractivity (Wildman–Crippen MR) is 195 cm³/mol. The molecule has 264 valence electrons. The lowest BCUT2D eigenvalue weighted by Crippen LogP contribution is -2.27. The van der Waals surface area contributed by atoms with Crippen LogP contribution in [-0.2, 0) is 30.2 Å². The number of carbonyl (C=O) groups is 2. The Morgan fingerprint density at radius 1 is 0.936 bits per heavy atom. The SMILES string of the molecule is COC(=O)c1c(C)c(Cl)c(OCOCC[Si](C)(C)C)c(CC=C(C)CCC=C(C)C2=CC(=O)C(C)(C)O2)c1OCOCC[Si](C)(C)C. The second kappa shape index (κ2) is 17.9. The van der Waals surface area contributed by atoms with Crippen molar-refractivity contribution in [3.05, 3.63) is 56.8 Å². The fraction of sp³-hybridized carbons (Fsp3) is 0.611. The third-order valence-electron chi connectivity index (χ3n) is 7.89. The van der Waals surface area contributed by atoms with Gasteiger partial charge in [0.05, 0.1) is 12.1 Å². The maximum atomic E-state index is 13.1. The van der Waals surface area contributed by atoms with E-state index in [2.05, 4.69) is 58.4 Å². The molecule has 0 bridgehead atoms. The first kappa shape index (κ1) is 40.8. The van der Waals surface area contributed by atoms with Gasteiger partial charge in [-0.15, -0.1) is 0 Å². The summed E-state index contributed by atoms with van der Waals surface area (Å²) in [6.07, 6.45) is 7.66. The molecular weight excluding hydrogens is 652 g/mol. The first-order valence-electron chi connectivity index (χ1n) is 16.4. The second-order valence-electron chi connectivity index (χ2n) is 15.1. The van der Waals surface area contributed by atoms with E-state index in [1.165, 1.54) is 7.11 Å². The Morgan fingerprint density at radius 2 is 1.49 bits per heavy atom. The summed E-state index contributed by atoms with van der Waals surface area (Å²) in [5.41, 5.74) is 2.61. The highest BCUT2D eigenvalue weighted by Gasteiger charge is 2.35. The lowest BCUT2D eigenvalue weighted by Gasteiger charge is -2.22. The van der Waals surface area contributed by atoms with Crippen molar-refractivity contribution >= 4 is 39.5 Å². The van der Waals surface area contributed by atoms with Crippen molar-refractivity contribution in [3.63, 3.8) is 0 Å². The van der Waals surface area contributed by atoms with Crippen LogP contribution < -0.4 is 9.47 Å². The summed E-state index contributed by atoms with van der Waals surface area (Å²) in [7, 11) is -1.23. The molecule has 0 unspecified atom stereocenters. The van der Waals surface area contributed by atoms with Crippen LogP contribution >= 0.6 is 11.6 Å². The maximum absolute atomic E-state index is 13.1. The van der Waals surface area contributed by atoms with Gasteiger partial charge < -0.3 is 28.4 Å². The van der Waals surface area contributed by atoms with Crippen molar-refractivity contribution in [2.45, 2.75) is 111 Å². The number of halogens is 1. The molecule has 0 saturated carbocycles. The zero-order valence-corrected chi connectivity index (χ0v) is 33.5. The molecule has 1 heterocycles. The molecule has 0 radical (unpaired) electrons. The summed E-state index contributed by atoms with van der Waals surface area (Å²) >= 11 is 6.89. The Bertz CT molecular complexity index is 1350. The summed E-state index contributed by atoms with van der Waals surface area (Å²) in [6, 6.07) is 2.00. The molecule has 47 heavy (non-hydrogen) atoms. The molecule has 0 saturated heterocycles. The summed E-state index contributed by atoms with van der Waals surface area (Å²) < 4.78 is 35.1. The molecule has 1 aromatic rings. The Morgan fingerprint density at radius 3 is 1.98 bits per heavy atom. The maximum Gasteiger partial charge on any atom is 0.341 e. The van der Waals surface area contributed by atoms with Gasteiger partial charge >= 0.3 is 5.97 Å². The zero-order chi connectivity index (χ0) is 35.6. The number of ketones is 1. The predicted octanol–water partition coefficient (Wildman–Crippen LogP) is 9.29. The highest BCUT2D eigenvalue weighted by Crippen LogP contribution is 2.43. The number of hydrogen-bond donors (Lipinski definition) is 0. The van der Waals surface area contributed by atoms with E-state index in [1.807, 2.05) is 6.92 Å². The molecule has 1 aliphatic rings. The average molecular weight is 709 g/mol. The smallest absolute Gasteiger partial charge is 0.341 e. The normalized spacial score (nSPS) is 15.4. The Hall–Kier alpha value is -2.38. The van der Waals surface area contributed by atoms with Crippen LogP contribution in [0, 0.1) is 6.92 Å². The number of methoxy groups -OCH3 is 1. The lowest BCUT2D eigenvalue weighted by molar-refractivity contribution is -0.126. The van der Waals surface area contributed by atoms with Crippen molar-refractivity contribution in [1.29, 1.82) is 0 Å². The second-order valence-corrected chi connectivity index (χ2v) is 26.7. The van der Waals surface area contributed by atoms with E-state index < -0.39 is 27.7 Å². The van der Waals surface area contributed by atoms with Gasteiger partial charge in [-0.2, -0.15) is 0 Å². The van der Waals surface area contributed by atoms with Gasteiger partial charge in [-0.25, -0.2) is 4.79 Å². The average Bonchev–Trinajstić information content (AvgIpc) is 3.24. The van der Waals surface area contributed by atoms with E-state index in [0.717, 1.165) is 36.1 Å². The molecule has 8 nitrogen and oxygen atoms in total. The first-order chi connectivity index (χ1) is 21.8. The van der Waals surface area contributed by atoms with Crippen LogP contribution in [0.3, 0.4) is 0 Å². The van der Waals surface area contributed by atoms with E-state index in [4.69, 9.17) is 40.0 Å². The quantitative estimate of drug-likeness (QED) is 0.0462. The monoisotopic (exact) mass is 708 g/mol. The topological polar surface area (TPSA) is 89.5 Å². The largest absolute Gasteiger partial charge is 0.479 e. The van der Waals surface area contributed by atoms with Gasteiger partial charge in [-0.05, 0) is 77.1 Å². The van der Waals surface area contributed by atoms with Gasteiger partial charge in [-0.1, -0.05) is 68.6 Å². The molecule has 2 rings (SSSR count). The van der Waals surface area contributed by atoms with Crippen molar-refractivity contribution in [2.24, 2.45) is 0 Å². The molecule has 0 fully saturated rings. The Labute approximate surface area is 289 Å². The third kappa shape index (κ3) is 13.2. The van der Waals surface area contributed by atoms with Gasteiger partial charge in [0, 0.05) is 41.0 Å². The third-order valence-corrected chi connectivity index (χ3v) is 11.8. The van der Waals surface area contributed by atoms with Gasteiger partial charge in [0.2, 0.25) is 5.78 Å². The minimum Gasteiger partial charge on any atom is -0.479 e. The number of esters is 1. The highest BCUT2D eigenvalue weighted by atomic mass is 35.5. The molecule has 11 heteroatoms. The molecule has 0 aliphatic carbocycles. The molecule has 0 atom stereocenters. The molecular formula is C36H57ClO8Si2.